The molecule has 1 heterocycles. The molecule has 1 aromatic heterocycles. The van der Waals surface area contributed by atoms with Crippen LogP contribution in [-0.2, 0) is 6.54 Å². The lowest BCUT2D eigenvalue weighted by Crippen LogP contribution is -2.30. The minimum atomic E-state index is 0.360. The number of benzene rings is 1. The zero-order valence-corrected chi connectivity index (χ0v) is 10.7. The summed E-state index contributed by atoms with van der Waals surface area (Å²) in [4.78, 5) is 10.7. The Hall–Kier alpha value is -2.10. The zero-order valence-electron chi connectivity index (χ0n) is 10.7. The number of aromatic nitrogens is 2. The molecule has 0 saturated heterocycles. The Morgan fingerprint density at radius 2 is 1.89 bits per heavy atom. The topological polar surface area (TPSA) is 55.0 Å². The van der Waals surface area contributed by atoms with Crippen LogP contribution in [0.25, 0.3) is 0 Å². The van der Waals surface area contributed by atoms with Crippen molar-refractivity contribution < 1.29 is 0 Å². The fourth-order valence-electron chi connectivity index (χ4n) is 1.79. The molecule has 2 N–H and O–H groups in total. The second-order valence-corrected chi connectivity index (χ2v) is 4.53. The third-order valence-corrected chi connectivity index (χ3v) is 2.80. The molecule has 0 unspecified atom stereocenters. The SMILES string of the molecule is CC(C)N(Cc1ccc(N)cc1)c1cnccn1. The summed E-state index contributed by atoms with van der Waals surface area (Å²) >= 11 is 0. The fraction of sp³-hybridized carbons (Fsp3) is 0.286. The maximum atomic E-state index is 5.69. The van der Waals surface area contributed by atoms with Gasteiger partial charge < -0.3 is 10.6 Å². The molecule has 4 nitrogen and oxygen atoms in total. The Kier molecular flexibility index (Phi) is 3.77. The Morgan fingerprint density at radius 1 is 1.17 bits per heavy atom. The highest BCUT2D eigenvalue weighted by Crippen LogP contribution is 2.17. The van der Waals surface area contributed by atoms with E-state index in [2.05, 4.69) is 28.7 Å². The number of hydrogen-bond donors (Lipinski definition) is 1. The van der Waals surface area contributed by atoms with Crippen molar-refractivity contribution in [1.29, 1.82) is 0 Å². The van der Waals surface area contributed by atoms with Gasteiger partial charge in [0.1, 0.15) is 5.82 Å². The monoisotopic (exact) mass is 242 g/mol. The van der Waals surface area contributed by atoms with Gasteiger partial charge in [0.2, 0.25) is 0 Å². The summed E-state index contributed by atoms with van der Waals surface area (Å²) in [5.41, 5.74) is 7.69. The fourth-order valence-corrected chi connectivity index (χ4v) is 1.79. The van der Waals surface area contributed by atoms with Crippen molar-refractivity contribution in [3.05, 3.63) is 48.4 Å². The van der Waals surface area contributed by atoms with Crippen LogP contribution < -0.4 is 10.6 Å². The second kappa shape index (κ2) is 5.49. The maximum Gasteiger partial charge on any atom is 0.147 e. The Morgan fingerprint density at radius 3 is 2.44 bits per heavy atom. The minimum Gasteiger partial charge on any atom is -0.399 e. The average Bonchev–Trinajstić information content (AvgIpc) is 2.38. The predicted molar refractivity (Wildman–Crippen MR) is 74.2 cm³/mol. The van der Waals surface area contributed by atoms with Gasteiger partial charge >= 0.3 is 0 Å². The molecule has 0 spiro atoms. The van der Waals surface area contributed by atoms with Gasteiger partial charge in [-0.15, -0.1) is 0 Å². The van der Waals surface area contributed by atoms with E-state index >= 15 is 0 Å². The summed E-state index contributed by atoms with van der Waals surface area (Å²) in [6.07, 6.45) is 5.19. The highest BCUT2D eigenvalue weighted by Gasteiger charge is 2.12. The van der Waals surface area contributed by atoms with Gasteiger partial charge in [0, 0.05) is 30.7 Å². The van der Waals surface area contributed by atoms with E-state index in [1.165, 1.54) is 5.56 Å². The first-order valence-corrected chi connectivity index (χ1v) is 6.04. The van der Waals surface area contributed by atoms with Crippen molar-refractivity contribution in [3.8, 4) is 0 Å². The van der Waals surface area contributed by atoms with Crippen LogP contribution in [0.15, 0.2) is 42.9 Å². The summed E-state index contributed by atoms with van der Waals surface area (Å²) in [6.45, 7) is 5.09. The number of hydrogen-bond acceptors (Lipinski definition) is 4. The van der Waals surface area contributed by atoms with Crippen molar-refractivity contribution in [3.63, 3.8) is 0 Å². The van der Waals surface area contributed by atoms with Gasteiger partial charge in [-0.2, -0.15) is 0 Å². The molecule has 2 aromatic rings. The molecular weight excluding hydrogens is 224 g/mol. The first kappa shape index (κ1) is 12.4. The van der Waals surface area contributed by atoms with Crippen LogP contribution in [0, 0.1) is 0 Å². The van der Waals surface area contributed by atoms with Crippen LogP contribution in [0.5, 0.6) is 0 Å². The maximum absolute atomic E-state index is 5.69. The van der Waals surface area contributed by atoms with Crippen molar-refractivity contribution in [2.24, 2.45) is 0 Å². The summed E-state index contributed by atoms with van der Waals surface area (Å²) in [6, 6.07) is 8.29. The van der Waals surface area contributed by atoms with Gasteiger partial charge in [-0.25, -0.2) is 4.98 Å². The van der Waals surface area contributed by atoms with Crippen LogP contribution >= 0.6 is 0 Å². The molecule has 18 heavy (non-hydrogen) atoms. The van der Waals surface area contributed by atoms with Crippen molar-refractivity contribution in [1.82, 2.24) is 9.97 Å². The normalized spacial score (nSPS) is 10.6. The number of nitrogen functional groups attached to an aromatic ring is 1. The lowest BCUT2D eigenvalue weighted by atomic mass is 10.1. The van der Waals surface area contributed by atoms with E-state index in [1.54, 1.807) is 18.6 Å². The van der Waals surface area contributed by atoms with E-state index < -0.39 is 0 Å². The number of nitrogens with zero attached hydrogens (tertiary/aromatic N) is 3. The minimum absolute atomic E-state index is 0.360. The highest BCUT2D eigenvalue weighted by molar-refractivity contribution is 5.42. The van der Waals surface area contributed by atoms with Crippen molar-refractivity contribution >= 4 is 11.5 Å². The first-order chi connectivity index (χ1) is 8.66. The van der Waals surface area contributed by atoms with E-state index in [0.717, 1.165) is 18.1 Å². The smallest absolute Gasteiger partial charge is 0.147 e. The standard InChI is InChI=1S/C14H18N4/c1-11(2)18(14-9-16-7-8-17-14)10-12-3-5-13(15)6-4-12/h3-9,11H,10,15H2,1-2H3. The molecule has 2 rings (SSSR count). The average molecular weight is 242 g/mol. The van der Waals surface area contributed by atoms with Gasteiger partial charge in [-0.3, -0.25) is 4.98 Å². The summed E-state index contributed by atoms with van der Waals surface area (Å²) in [5.74, 6) is 0.893. The number of anilines is 2. The molecule has 0 amide bonds. The van der Waals surface area contributed by atoms with Crippen LogP contribution in [-0.4, -0.2) is 16.0 Å². The second-order valence-electron chi connectivity index (χ2n) is 4.53. The third kappa shape index (κ3) is 2.97. The molecule has 0 radical (unpaired) electrons. The van der Waals surface area contributed by atoms with Gasteiger partial charge in [0.15, 0.2) is 0 Å². The molecular formula is C14H18N4. The van der Waals surface area contributed by atoms with Gasteiger partial charge in [-0.1, -0.05) is 12.1 Å². The number of nitrogens with two attached hydrogens (primary N) is 1. The molecule has 0 saturated carbocycles. The summed E-state index contributed by atoms with van der Waals surface area (Å²) in [5, 5.41) is 0. The van der Waals surface area contributed by atoms with Gasteiger partial charge in [0.05, 0.1) is 6.20 Å². The Bertz CT molecular complexity index is 479. The van der Waals surface area contributed by atoms with E-state index in [-0.39, 0.29) is 0 Å². The van der Waals surface area contributed by atoms with Crippen LogP contribution in [0.4, 0.5) is 11.5 Å². The summed E-state index contributed by atoms with van der Waals surface area (Å²) < 4.78 is 0. The zero-order chi connectivity index (χ0) is 13.0. The van der Waals surface area contributed by atoms with E-state index in [4.69, 9.17) is 5.73 Å². The highest BCUT2D eigenvalue weighted by atomic mass is 15.2. The van der Waals surface area contributed by atoms with Gasteiger partial charge in [0.25, 0.3) is 0 Å². The van der Waals surface area contributed by atoms with Crippen LogP contribution in [0.2, 0.25) is 0 Å². The molecule has 0 fully saturated rings. The largest absolute Gasteiger partial charge is 0.399 e. The predicted octanol–water partition coefficient (Wildman–Crippen LogP) is 2.47. The molecule has 1 aromatic carbocycles. The lowest BCUT2D eigenvalue weighted by molar-refractivity contribution is 0.670. The quantitative estimate of drug-likeness (QED) is 0.837. The molecule has 0 bridgehead atoms. The Balaban J connectivity index is 2.19. The van der Waals surface area contributed by atoms with E-state index in [0.29, 0.717) is 6.04 Å². The molecule has 0 aliphatic carbocycles. The molecule has 94 valence electrons. The Labute approximate surface area is 107 Å². The summed E-state index contributed by atoms with van der Waals surface area (Å²) in [7, 11) is 0. The molecule has 0 aliphatic heterocycles. The van der Waals surface area contributed by atoms with Crippen LogP contribution in [0.3, 0.4) is 0 Å². The van der Waals surface area contributed by atoms with Crippen molar-refractivity contribution in [2.45, 2.75) is 26.4 Å². The van der Waals surface area contributed by atoms with Gasteiger partial charge in [-0.05, 0) is 31.5 Å². The molecule has 0 aliphatic rings. The van der Waals surface area contributed by atoms with E-state index in [1.807, 2.05) is 24.3 Å². The van der Waals surface area contributed by atoms with E-state index in [9.17, 15) is 0 Å². The molecule has 4 heteroatoms. The third-order valence-electron chi connectivity index (χ3n) is 2.80. The first-order valence-electron chi connectivity index (χ1n) is 6.04. The van der Waals surface area contributed by atoms with Crippen LogP contribution in [0.1, 0.15) is 19.4 Å². The number of rotatable bonds is 4. The molecule has 0 atom stereocenters. The lowest BCUT2D eigenvalue weighted by Gasteiger charge is -2.27. The van der Waals surface area contributed by atoms with Crippen molar-refractivity contribution in [2.75, 3.05) is 10.6 Å².